The maximum absolute atomic E-state index is 5.90. The summed E-state index contributed by atoms with van der Waals surface area (Å²) in [7, 11) is 4.06. The minimum absolute atomic E-state index is 0.0840. The standard InChI is InChI=1S/C13H22N6O/c1-6-14-12-16-10-9(7-15-18-10)11(17-12)20-8-13(2,3)19(4)5/h7H,6,8H2,1-5H3,(H2,14,15,16,17,18). The van der Waals surface area contributed by atoms with Crippen molar-refractivity contribution >= 4 is 17.0 Å². The summed E-state index contributed by atoms with van der Waals surface area (Å²) in [4.78, 5) is 10.9. The second-order valence-electron chi connectivity index (χ2n) is 5.51. The first-order chi connectivity index (χ1) is 9.44. The second-order valence-corrected chi connectivity index (χ2v) is 5.51. The Hall–Kier alpha value is -1.89. The fraction of sp³-hybridized carbons (Fsp3) is 0.615. The molecule has 2 N–H and O–H groups in total. The minimum Gasteiger partial charge on any atom is -0.475 e. The van der Waals surface area contributed by atoms with Crippen LogP contribution in [0.25, 0.3) is 11.0 Å². The molecule has 0 saturated carbocycles. The van der Waals surface area contributed by atoms with Crippen molar-refractivity contribution in [3.8, 4) is 5.88 Å². The Morgan fingerprint density at radius 3 is 2.75 bits per heavy atom. The zero-order valence-electron chi connectivity index (χ0n) is 12.7. The molecule has 0 aliphatic heterocycles. The summed E-state index contributed by atoms with van der Waals surface area (Å²) in [6.45, 7) is 7.51. The number of hydrogen-bond acceptors (Lipinski definition) is 6. The molecule has 0 radical (unpaired) electrons. The van der Waals surface area contributed by atoms with Crippen LogP contribution >= 0.6 is 0 Å². The molecule has 20 heavy (non-hydrogen) atoms. The van der Waals surface area contributed by atoms with Gasteiger partial charge in [-0.3, -0.25) is 5.10 Å². The predicted molar refractivity (Wildman–Crippen MR) is 79.1 cm³/mol. The van der Waals surface area contributed by atoms with E-state index in [4.69, 9.17) is 4.74 Å². The molecule has 2 rings (SSSR count). The minimum atomic E-state index is -0.0840. The Morgan fingerprint density at radius 1 is 1.35 bits per heavy atom. The number of nitrogens with one attached hydrogen (secondary N) is 2. The monoisotopic (exact) mass is 278 g/mol. The Kier molecular flexibility index (Phi) is 4.08. The Labute approximate surface area is 118 Å². The molecule has 0 fully saturated rings. The lowest BCUT2D eigenvalue weighted by molar-refractivity contribution is 0.112. The molecule has 7 nitrogen and oxygen atoms in total. The van der Waals surface area contributed by atoms with Gasteiger partial charge in [-0.05, 0) is 34.9 Å². The van der Waals surface area contributed by atoms with E-state index in [9.17, 15) is 0 Å². The lowest BCUT2D eigenvalue weighted by atomic mass is 10.1. The van der Waals surface area contributed by atoms with Crippen molar-refractivity contribution in [2.24, 2.45) is 0 Å². The van der Waals surface area contributed by atoms with Crippen LogP contribution in [0.3, 0.4) is 0 Å². The quantitative estimate of drug-likeness (QED) is 0.833. The van der Waals surface area contributed by atoms with Crippen molar-refractivity contribution in [3.63, 3.8) is 0 Å². The number of ether oxygens (including phenoxy) is 1. The zero-order chi connectivity index (χ0) is 14.8. The number of aromatic nitrogens is 4. The van der Waals surface area contributed by atoms with Gasteiger partial charge in [-0.25, -0.2) is 0 Å². The molecule has 2 aromatic rings. The van der Waals surface area contributed by atoms with Gasteiger partial charge in [-0.2, -0.15) is 15.1 Å². The largest absolute Gasteiger partial charge is 0.475 e. The average Bonchev–Trinajstić information content (AvgIpc) is 2.84. The van der Waals surface area contributed by atoms with Crippen LogP contribution in [-0.4, -0.2) is 57.9 Å². The van der Waals surface area contributed by atoms with Crippen LogP contribution in [0.1, 0.15) is 20.8 Å². The second kappa shape index (κ2) is 5.62. The molecule has 0 aliphatic rings. The van der Waals surface area contributed by atoms with Gasteiger partial charge >= 0.3 is 0 Å². The summed E-state index contributed by atoms with van der Waals surface area (Å²) in [5.41, 5.74) is 0.591. The highest BCUT2D eigenvalue weighted by Gasteiger charge is 2.22. The summed E-state index contributed by atoms with van der Waals surface area (Å²) in [5.74, 6) is 1.09. The van der Waals surface area contributed by atoms with Gasteiger partial charge in [0, 0.05) is 12.1 Å². The van der Waals surface area contributed by atoms with Gasteiger partial charge < -0.3 is 15.0 Å². The number of hydrogen-bond donors (Lipinski definition) is 2. The third kappa shape index (κ3) is 2.98. The highest BCUT2D eigenvalue weighted by molar-refractivity contribution is 5.80. The van der Waals surface area contributed by atoms with E-state index in [1.165, 1.54) is 0 Å². The van der Waals surface area contributed by atoms with Gasteiger partial charge in [-0.1, -0.05) is 0 Å². The van der Waals surface area contributed by atoms with E-state index in [0.717, 1.165) is 11.9 Å². The predicted octanol–water partition coefficient (Wildman–Crippen LogP) is 1.50. The first kappa shape index (κ1) is 14.5. The van der Waals surface area contributed by atoms with Crippen LogP contribution in [-0.2, 0) is 0 Å². The van der Waals surface area contributed by atoms with E-state index in [1.54, 1.807) is 6.20 Å². The van der Waals surface area contributed by atoms with Gasteiger partial charge in [0.25, 0.3) is 0 Å². The normalized spacial score (nSPS) is 12.1. The first-order valence-corrected chi connectivity index (χ1v) is 6.69. The fourth-order valence-electron chi connectivity index (χ4n) is 1.53. The van der Waals surface area contributed by atoms with Crippen molar-refractivity contribution in [3.05, 3.63) is 6.20 Å². The number of likely N-dealkylation sites (N-methyl/N-ethyl adjacent to an activating group) is 1. The number of fused-ring (bicyclic) bond motifs is 1. The number of aromatic amines is 1. The fourth-order valence-corrected chi connectivity index (χ4v) is 1.53. The molecule has 0 atom stereocenters. The summed E-state index contributed by atoms with van der Waals surface area (Å²) in [6.07, 6.45) is 1.68. The lowest BCUT2D eigenvalue weighted by Gasteiger charge is -2.31. The molecule has 0 saturated heterocycles. The van der Waals surface area contributed by atoms with Gasteiger partial charge in [-0.15, -0.1) is 0 Å². The Balaban J connectivity index is 2.26. The van der Waals surface area contributed by atoms with E-state index >= 15 is 0 Å². The Morgan fingerprint density at radius 2 is 2.10 bits per heavy atom. The third-order valence-electron chi connectivity index (χ3n) is 3.38. The molecule has 0 spiro atoms. The van der Waals surface area contributed by atoms with Crippen molar-refractivity contribution in [2.75, 3.05) is 32.6 Å². The summed E-state index contributed by atoms with van der Waals surface area (Å²) < 4.78 is 5.90. The van der Waals surface area contributed by atoms with E-state index < -0.39 is 0 Å². The van der Waals surface area contributed by atoms with E-state index in [0.29, 0.717) is 24.1 Å². The number of nitrogens with zero attached hydrogens (tertiary/aromatic N) is 4. The maximum atomic E-state index is 5.90. The van der Waals surface area contributed by atoms with Crippen molar-refractivity contribution in [2.45, 2.75) is 26.3 Å². The first-order valence-electron chi connectivity index (χ1n) is 6.69. The number of H-pyrrole nitrogens is 1. The van der Waals surface area contributed by atoms with Crippen LogP contribution in [0.5, 0.6) is 5.88 Å². The highest BCUT2D eigenvalue weighted by atomic mass is 16.5. The molecule has 0 bridgehead atoms. The van der Waals surface area contributed by atoms with Crippen LogP contribution < -0.4 is 10.1 Å². The molecule has 0 unspecified atom stereocenters. The molecular formula is C13H22N6O. The van der Waals surface area contributed by atoms with Crippen molar-refractivity contribution in [1.29, 1.82) is 0 Å². The lowest BCUT2D eigenvalue weighted by Crippen LogP contribution is -2.43. The van der Waals surface area contributed by atoms with Gasteiger partial charge in [0.2, 0.25) is 11.8 Å². The number of anilines is 1. The van der Waals surface area contributed by atoms with Crippen molar-refractivity contribution < 1.29 is 4.74 Å². The SMILES string of the molecule is CCNc1nc(OCC(C)(C)N(C)C)c2cn[nH]c2n1. The summed E-state index contributed by atoms with van der Waals surface area (Å²) in [5, 5.41) is 10.7. The van der Waals surface area contributed by atoms with Gasteiger partial charge in [0.15, 0.2) is 5.65 Å². The average molecular weight is 278 g/mol. The molecular weight excluding hydrogens is 256 g/mol. The van der Waals surface area contributed by atoms with Crippen LogP contribution in [0.4, 0.5) is 5.95 Å². The molecule has 0 aliphatic carbocycles. The molecule has 0 amide bonds. The topological polar surface area (TPSA) is 79.0 Å². The summed E-state index contributed by atoms with van der Waals surface area (Å²) >= 11 is 0. The maximum Gasteiger partial charge on any atom is 0.229 e. The van der Waals surface area contributed by atoms with Crippen LogP contribution in [0, 0.1) is 0 Å². The smallest absolute Gasteiger partial charge is 0.229 e. The van der Waals surface area contributed by atoms with E-state index in [1.807, 2.05) is 21.0 Å². The molecule has 2 aromatic heterocycles. The molecule has 7 heteroatoms. The van der Waals surface area contributed by atoms with Crippen molar-refractivity contribution in [1.82, 2.24) is 25.1 Å². The number of rotatable bonds is 6. The molecule has 0 aromatic carbocycles. The molecule has 110 valence electrons. The summed E-state index contributed by atoms with van der Waals surface area (Å²) in [6, 6.07) is 0. The third-order valence-corrected chi connectivity index (χ3v) is 3.38. The molecule has 2 heterocycles. The van der Waals surface area contributed by atoms with E-state index in [-0.39, 0.29) is 5.54 Å². The van der Waals surface area contributed by atoms with Crippen LogP contribution in [0.2, 0.25) is 0 Å². The van der Waals surface area contributed by atoms with E-state index in [2.05, 4.69) is 44.2 Å². The highest BCUT2D eigenvalue weighted by Crippen LogP contribution is 2.23. The van der Waals surface area contributed by atoms with Crippen LogP contribution in [0.15, 0.2) is 6.20 Å². The van der Waals surface area contributed by atoms with Gasteiger partial charge in [0.1, 0.15) is 12.0 Å². The Bertz CT molecular complexity index is 577. The zero-order valence-corrected chi connectivity index (χ0v) is 12.7. The van der Waals surface area contributed by atoms with Gasteiger partial charge in [0.05, 0.1) is 6.20 Å².